The van der Waals surface area contributed by atoms with Crippen molar-refractivity contribution in [1.29, 1.82) is 0 Å². The van der Waals surface area contributed by atoms with Crippen LogP contribution < -0.4 is 11.1 Å². The quantitative estimate of drug-likeness (QED) is 0.531. The molecule has 6 heteroatoms. The first-order valence-electron chi connectivity index (χ1n) is 8.37. The van der Waals surface area contributed by atoms with Crippen molar-refractivity contribution in [3.8, 4) is 0 Å². The van der Waals surface area contributed by atoms with Gasteiger partial charge in [0.2, 0.25) is 0 Å². The number of hydrogen-bond acceptors (Lipinski definition) is 4. The predicted octanol–water partition coefficient (Wildman–Crippen LogP) is 2.72. The van der Waals surface area contributed by atoms with Crippen molar-refractivity contribution in [2.45, 2.75) is 26.2 Å². The Kier molecular flexibility index (Phi) is 3.50. The summed E-state index contributed by atoms with van der Waals surface area (Å²) in [6, 6.07) is 14.2. The van der Waals surface area contributed by atoms with Crippen LogP contribution in [0, 0.1) is 0 Å². The van der Waals surface area contributed by atoms with Gasteiger partial charge in [0.1, 0.15) is 12.2 Å². The zero-order valence-electron chi connectivity index (χ0n) is 14.8. The highest BCUT2D eigenvalue weighted by Crippen LogP contribution is 2.21. The highest BCUT2D eigenvalue weighted by atomic mass is 16.2. The summed E-state index contributed by atoms with van der Waals surface area (Å²) in [4.78, 5) is 35.3. The molecule has 0 radical (unpaired) electrons. The maximum Gasteiger partial charge on any atom is 0.280 e. The summed E-state index contributed by atoms with van der Waals surface area (Å²) in [5.74, 6) is 0.500. The van der Waals surface area contributed by atoms with Crippen LogP contribution in [0.4, 0.5) is 0 Å². The van der Waals surface area contributed by atoms with Crippen LogP contribution in [0.15, 0.2) is 64.4 Å². The van der Waals surface area contributed by atoms with Crippen LogP contribution in [0.2, 0.25) is 0 Å². The Bertz CT molecular complexity index is 1260. The topological polar surface area (TPSA) is 69.8 Å². The molecule has 2 heterocycles. The highest BCUT2D eigenvalue weighted by molar-refractivity contribution is 5.78. The molecule has 0 unspecified atom stereocenters. The summed E-state index contributed by atoms with van der Waals surface area (Å²) in [5.41, 5.74) is 0.155. The number of nitrogens with zero attached hydrogens (tertiary/aromatic N) is 4. The Labute approximate surface area is 149 Å². The standard InChI is InChI=1S/C20H18N4O2/c1-20(2,3)19-22-16-11-7-5-9-14(16)18(26)24(19)23-12-21-15-10-6-4-8-13(15)17(23)25/h4-12H,1-3H3. The van der Waals surface area contributed by atoms with E-state index >= 15 is 0 Å². The van der Waals surface area contributed by atoms with Gasteiger partial charge in [-0.2, -0.15) is 9.35 Å². The number of para-hydroxylation sites is 2. The lowest BCUT2D eigenvalue weighted by Crippen LogP contribution is -2.40. The lowest BCUT2D eigenvalue weighted by atomic mass is 9.95. The van der Waals surface area contributed by atoms with Crippen LogP contribution in [-0.2, 0) is 5.41 Å². The van der Waals surface area contributed by atoms with Gasteiger partial charge < -0.3 is 0 Å². The molecule has 0 saturated heterocycles. The van der Waals surface area contributed by atoms with Crippen molar-refractivity contribution < 1.29 is 0 Å². The van der Waals surface area contributed by atoms with E-state index in [9.17, 15) is 9.59 Å². The second-order valence-corrected chi connectivity index (χ2v) is 7.23. The number of hydrogen-bond donors (Lipinski definition) is 0. The van der Waals surface area contributed by atoms with Crippen molar-refractivity contribution in [2.75, 3.05) is 0 Å². The van der Waals surface area contributed by atoms with Gasteiger partial charge in [0.15, 0.2) is 0 Å². The van der Waals surface area contributed by atoms with Crippen LogP contribution in [0.5, 0.6) is 0 Å². The van der Waals surface area contributed by atoms with Gasteiger partial charge in [-0.3, -0.25) is 9.59 Å². The van der Waals surface area contributed by atoms with E-state index in [-0.39, 0.29) is 11.1 Å². The van der Waals surface area contributed by atoms with Crippen LogP contribution in [0.3, 0.4) is 0 Å². The lowest BCUT2D eigenvalue weighted by molar-refractivity contribution is 0.455. The van der Waals surface area contributed by atoms with Crippen LogP contribution in [-0.4, -0.2) is 19.3 Å². The normalized spacial score (nSPS) is 12.0. The molecule has 0 atom stereocenters. The second kappa shape index (κ2) is 5.62. The van der Waals surface area contributed by atoms with Crippen molar-refractivity contribution in [2.24, 2.45) is 0 Å². The average molecular weight is 346 g/mol. The molecule has 0 bridgehead atoms. The minimum Gasteiger partial charge on any atom is -0.267 e. The predicted molar refractivity (Wildman–Crippen MR) is 102 cm³/mol. The van der Waals surface area contributed by atoms with Gasteiger partial charge in [-0.25, -0.2) is 9.97 Å². The monoisotopic (exact) mass is 346 g/mol. The van der Waals surface area contributed by atoms with Crippen molar-refractivity contribution >= 4 is 21.8 Å². The smallest absolute Gasteiger partial charge is 0.267 e. The maximum absolute atomic E-state index is 13.2. The van der Waals surface area contributed by atoms with Gasteiger partial charge in [-0.1, -0.05) is 45.0 Å². The molecule has 26 heavy (non-hydrogen) atoms. The maximum atomic E-state index is 13.2. The van der Waals surface area contributed by atoms with E-state index in [1.54, 1.807) is 36.4 Å². The largest absolute Gasteiger partial charge is 0.280 e. The third-order valence-corrected chi connectivity index (χ3v) is 4.29. The zero-order valence-corrected chi connectivity index (χ0v) is 14.8. The van der Waals surface area contributed by atoms with E-state index in [0.717, 1.165) is 0 Å². The first-order chi connectivity index (χ1) is 12.4. The highest BCUT2D eigenvalue weighted by Gasteiger charge is 2.24. The molecule has 0 N–H and O–H groups in total. The molecule has 4 rings (SSSR count). The Balaban J connectivity index is 2.18. The van der Waals surface area contributed by atoms with Gasteiger partial charge in [0.25, 0.3) is 11.1 Å². The van der Waals surface area contributed by atoms with E-state index in [2.05, 4.69) is 9.97 Å². The van der Waals surface area contributed by atoms with Gasteiger partial charge in [-0.05, 0) is 24.3 Å². The van der Waals surface area contributed by atoms with Gasteiger partial charge in [0.05, 0.1) is 21.8 Å². The molecule has 0 spiro atoms. The molecule has 0 aliphatic heterocycles. The Morgan fingerprint density at radius 1 is 0.808 bits per heavy atom. The summed E-state index contributed by atoms with van der Waals surface area (Å²) in [7, 11) is 0. The van der Waals surface area contributed by atoms with Crippen molar-refractivity contribution in [3.05, 3.63) is 81.4 Å². The molecule has 0 saturated carbocycles. The number of fused-ring (bicyclic) bond motifs is 2. The molecule has 2 aromatic carbocycles. The second-order valence-electron chi connectivity index (χ2n) is 7.23. The zero-order chi connectivity index (χ0) is 18.5. The first-order valence-corrected chi connectivity index (χ1v) is 8.37. The SMILES string of the molecule is CC(C)(C)c1nc2ccccc2c(=O)n1-n1cnc2ccccc2c1=O. The molecule has 0 aliphatic carbocycles. The van der Waals surface area contributed by atoms with E-state index in [1.807, 2.05) is 32.9 Å². The average Bonchev–Trinajstić information content (AvgIpc) is 2.62. The minimum atomic E-state index is -0.450. The Morgan fingerprint density at radius 3 is 2.04 bits per heavy atom. The molecule has 0 aliphatic rings. The summed E-state index contributed by atoms with van der Waals surface area (Å²) < 4.78 is 2.59. The van der Waals surface area contributed by atoms with Gasteiger partial charge in [0, 0.05) is 5.41 Å². The molecule has 0 fully saturated rings. The number of benzene rings is 2. The van der Waals surface area contributed by atoms with Crippen LogP contribution in [0.1, 0.15) is 26.6 Å². The summed E-state index contributed by atoms with van der Waals surface area (Å²) in [6.07, 6.45) is 1.39. The number of rotatable bonds is 1. The Morgan fingerprint density at radius 2 is 1.38 bits per heavy atom. The molecule has 0 amide bonds. The van der Waals surface area contributed by atoms with Gasteiger partial charge >= 0.3 is 0 Å². The van der Waals surface area contributed by atoms with E-state index in [4.69, 9.17) is 0 Å². The minimum absolute atomic E-state index is 0.292. The van der Waals surface area contributed by atoms with E-state index in [0.29, 0.717) is 27.6 Å². The molecule has 4 aromatic rings. The third kappa shape index (κ3) is 2.42. The molecular weight excluding hydrogens is 328 g/mol. The summed E-state index contributed by atoms with van der Waals surface area (Å²) in [5, 5.41) is 0.912. The molecule has 2 aromatic heterocycles. The van der Waals surface area contributed by atoms with Crippen LogP contribution in [0.25, 0.3) is 21.8 Å². The fraction of sp³-hybridized carbons (Fsp3) is 0.200. The third-order valence-electron chi connectivity index (χ3n) is 4.29. The Hall–Kier alpha value is -3.28. The summed E-state index contributed by atoms with van der Waals surface area (Å²) >= 11 is 0. The van der Waals surface area contributed by atoms with E-state index in [1.165, 1.54) is 15.7 Å². The molecule has 130 valence electrons. The lowest BCUT2D eigenvalue weighted by Gasteiger charge is -2.23. The fourth-order valence-electron chi connectivity index (χ4n) is 3.01. The summed E-state index contributed by atoms with van der Waals surface area (Å²) in [6.45, 7) is 5.87. The molecule has 6 nitrogen and oxygen atoms in total. The van der Waals surface area contributed by atoms with E-state index < -0.39 is 5.41 Å². The number of aromatic nitrogens is 4. The van der Waals surface area contributed by atoms with Crippen molar-refractivity contribution in [3.63, 3.8) is 0 Å². The van der Waals surface area contributed by atoms with Gasteiger partial charge in [-0.15, -0.1) is 0 Å². The fourth-order valence-corrected chi connectivity index (χ4v) is 3.01. The van der Waals surface area contributed by atoms with Crippen LogP contribution >= 0.6 is 0 Å². The first kappa shape index (κ1) is 16.2. The van der Waals surface area contributed by atoms with Crippen molar-refractivity contribution in [1.82, 2.24) is 19.3 Å². The molecular formula is C20H18N4O2.